The molecule has 0 aromatic rings. The van der Waals surface area contributed by atoms with Crippen LogP contribution in [-0.2, 0) is 57.2 Å². The highest BCUT2D eigenvalue weighted by Gasteiger charge is 2.21. The zero-order valence-corrected chi connectivity index (χ0v) is 39.8. The molecule has 0 bridgehead atoms. The number of rotatable bonds is 52. The van der Waals surface area contributed by atoms with E-state index in [4.69, 9.17) is 44.5 Å². The van der Waals surface area contributed by atoms with Gasteiger partial charge in [-0.25, -0.2) is 10.2 Å². The molecular weight excluding hydrogens is 863 g/mol. The van der Waals surface area contributed by atoms with Crippen LogP contribution in [0.4, 0.5) is 0 Å². The predicted octanol–water partition coefficient (Wildman–Crippen LogP) is 4.25. The molecule has 0 fully saturated rings. The van der Waals surface area contributed by atoms with Gasteiger partial charge in [-0.05, 0) is 38.5 Å². The van der Waals surface area contributed by atoms with Crippen molar-refractivity contribution in [3.05, 3.63) is 0 Å². The van der Waals surface area contributed by atoms with Crippen molar-refractivity contribution >= 4 is 35.6 Å². The minimum atomic E-state index is -1.16. The molecule has 20 heteroatoms. The highest BCUT2D eigenvalue weighted by molar-refractivity contribution is 5.84. The average molecular weight is 950 g/mol. The lowest BCUT2D eigenvalue weighted by Crippen LogP contribution is -2.41. The minimum absolute atomic E-state index is 0.00171. The number of nitrogens with one attached hydrogen (secondary N) is 4. The first-order chi connectivity index (χ1) is 32.1. The number of ether oxygens (including phenoxy) is 6. The number of carboxylic acid groups (broad SMARTS) is 3. The lowest BCUT2D eigenvalue weighted by Gasteiger charge is -2.14. The van der Waals surface area contributed by atoms with E-state index in [-0.39, 0.29) is 69.6 Å². The van der Waals surface area contributed by atoms with Crippen molar-refractivity contribution in [2.45, 2.75) is 166 Å². The van der Waals surface area contributed by atoms with Crippen molar-refractivity contribution in [3.63, 3.8) is 0 Å². The van der Waals surface area contributed by atoms with Crippen LogP contribution in [0, 0.1) is 0 Å². The van der Waals surface area contributed by atoms with Gasteiger partial charge in [0.1, 0.15) is 12.1 Å². The summed E-state index contributed by atoms with van der Waals surface area (Å²) in [4.78, 5) is 69.5. The van der Waals surface area contributed by atoms with Crippen LogP contribution in [-0.4, -0.2) is 155 Å². The van der Waals surface area contributed by atoms with Gasteiger partial charge in [0.15, 0.2) is 0 Å². The first kappa shape index (κ1) is 62.5. The van der Waals surface area contributed by atoms with Gasteiger partial charge in [-0.15, -0.1) is 0 Å². The van der Waals surface area contributed by atoms with E-state index in [2.05, 4.69) is 21.4 Å². The van der Waals surface area contributed by atoms with Crippen molar-refractivity contribution < 1.29 is 72.5 Å². The Kier molecular flexibility index (Phi) is 45.4. The zero-order valence-electron chi connectivity index (χ0n) is 39.8. The molecule has 9 N–H and O–H groups in total. The zero-order chi connectivity index (χ0) is 48.6. The molecular formula is C46H87N5O15. The van der Waals surface area contributed by atoms with E-state index in [1.807, 2.05) is 0 Å². The summed E-state index contributed by atoms with van der Waals surface area (Å²) in [6, 6.07) is -1.90. The molecule has 20 nitrogen and oxygen atoms in total. The fourth-order valence-corrected chi connectivity index (χ4v) is 6.62. The average Bonchev–Trinajstić information content (AvgIpc) is 3.28. The smallest absolute Gasteiger partial charge is 0.326 e. The number of nitrogens with two attached hydrogens (primary N) is 1. The lowest BCUT2D eigenvalue weighted by molar-refractivity contribution is -0.142. The molecule has 0 unspecified atom stereocenters. The first-order valence-electron chi connectivity index (χ1n) is 24.5. The summed E-state index contributed by atoms with van der Waals surface area (Å²) < 4.78 is 32.7. The molecule has 0 rings (SSSR count). The van der Waals surface area contributed by atoms with E-state index >= 15 is 0 Å². The Morgan fingerprint density at radius 2 is 0.742 bits per heavy atom. The van der Waals surface area contributed by atoms with Gasteiger partial charge in [0.25, 0.3) is 0 Å². The molecule has 0 saturated carbocycles. The Bertz CT molecular complexity index is 1220. The van der Waals surface area contributed by atoms with Crippen LogP contribution in [0.1, 0.15) is 154 Å². The molecule has 0 heterocycles. The maximum absolute atomic E-state index is 12.4. The largest absolute Gasteiger partial charge is 0.481 e. The predicted molar refractivity (Wildman–Crippen MR) is 248 cm³/mol. The van der Waals surface area contributed by atoms with Crippen LogP contribution >= 0.6 is 0 Å². The fourth-order valence-electron chi connectivity index (χ4n) is 6.62. The van der Waals surface area contributed by atoms with Gasteiger partial charge < -0.3 is 59.7 Å². The molecule has 386 valence electrons. The third-order valence-electron chi connectivity index (χ3n) is 10.5. The summed E-state index contributed by atoms with van der Waals surface area (Å²) in [5.74, 6) is 1.56. The van der Waals surface area contributed by atoms with Crippen molar-refractivity contribution in [2.24, 2.45) is 5.84 Å². The number of hydrazine groups is 1. The van der Waals surface area contributed by atoms with Crippen molar-refractivity contribution in [1.82, 2.24) is 21.4 Å². The van der Waals surface area contributed by atoms with Gasteiger partial charge in [-0.3, -0.25) is 29.8 Å². The monoisotopic (exact) mass is 950 g/mol. The Morgan fingerprint density at radius 3 is 1.17 bits per heavy atom. The van der Waals surface area contributed by atoms with Crippen LogP contribution in [0.2, 0.25) is 0 Å². The van der Waals surface area contributed by atoms with Gasteiger partial charge in [0, 0.05) is 38.8 Å². The summed E-state index contributed by atoms with van der Waals surface area (Å²) in [5, 5.41) is 35.1. The summed E-state index contributed by atoms with van der Waals surface area (Å²) in [5.41, 5.74) is 2.24. The molecule has 0 aromatic carbocycles. The second-order valence-electron chi connectivity index (χ2n) is 16.2. The highest BCUT2D eigenvalue weighted by atomic mass is 16.6. The Balaban J connectivity index is 3.52. The molecule has 0 radical (unpaired) electrons. The third-order valence-corrected chi connectivity index (χ3v) is 10.5. The van der Waals surface area contributed by atoms with Crippen LogP contribution in [0.5, 0.6) is 0 Å². The number of hydrogen-bond acceptors (Lipinski definition) is 14. The van der Waals surface area contributed by atoms with Crippen molar-refractivity contribution in [1.29, 1.82) is 0 Å². The normalized spacial score (nSPS) is 12.1. The topological polar surface area (TPSA) is 293 Å². The Hall–Kier alpha value is -3.50. The molecule has 66 heavy (non-hydrogen) atoms. The number of carboxylic acids is 3. The summed E-state index contributed by atoms with van der Waals surface area (Å²) in [7, 11) is 0. The van der Waals surface area contributed by atoms with Crippen LogP contribution in [0.3, 0.4) is 0 Å². The van der Waals surface area contributed by atoms with E-state index in [1.54, 1.807) is 0 Å². The molecule has 0 aromatic heterocycles. The number of aliphatic carboxylic acids is 3. The Morgan fingerprint density at radius 1 is 0.364 bits per heavy atom. The lowest BCUT2D eigenvalue weighted by atomic mass is 10.0. The second-order valence-corrected chi connectivity index (χ2v) is 16.2. The molecule has 0 aliphatic rings. The number of amides is 3. The molecule has 2 atom stereocenters. The Labute approximate surface area is 393 Å². The van der Waals surface area contributed by atoms with Crippen molar-refractivity contribution in [2.75, 3.05) is 92.4 Å². The quantitative estimate of drug-likeness (QED) is 0.0240. The van der Waals surface area contributed by atoms with Gasteiger partial charge in [0.2, 0.25) is 17.7 Å². The maximum Gasteiger partial charge on any atom is 0.326 e. The minimum Gasteiger partial charge on any atom is -0.481 e. The molecule has 3 amide bonds. The van der Waals surface area contributed by atoms with E-state index in [0.29, 0.717) is 98.3 Å². The van der Waals surface area contributed by atoms with E-state index < -0.39 is 30.0 Å². The molecule has 0 spiro atoms. The third kappa shape index (κ3) is 45.6. The van der Waals surface area contributed by atoms with Gasteiger partial charge in [-0.1, -0.05) is 89.9 Å². The van der Waals surface area contributed by atoms with Crippen LogP contribution in [0.15, 0.2) is 0 Å². The highest BCUT2D eigenvalue weighted by Crippen LogP contribution is 2.14. The van der Waals surface area contributed by atoms with Gasteiger partial charge in [0.05, 0.1) is 79.3 Å². The van der Waals surface area contributed by atoms with Gasteiger partial charge >= 0.3 is 17.9 Å². The number of carbonyl (C=O) groups is 6. The molecule has 0 aliphatic heterocycles. The van der Waals surface area contributed by atoms with Gasteiger partial charge in [-0.2, -0.15) is 0 Å². The first-order valence-corrected chi connectivity index (χ1v) is 24.5. The van der Waals surface area contributed by atoms with E-state index in [1.165, 1.54) is 57.8 Å². The van der Waals surface area contributed by atoms with E-state index in [9.17, 15) is 33.9 Å². The summed E-state index contributed by atoms with van der Waals surface area (Å²) in [6.45, 7) is 5.11. The van der Waals surface area contributed by atoms with Crippen LogP contribution in [0.25, 0.3) is 0 Å². The number of hydrogen-bond donors (Lipinski definition) is 8. The second kappa shape index (κ2) is 48.0. The fraction of sp³-hybridized carbons (Fsp3) is 0.870. The standard InChI is InChI=1S/C46H87N5O15/c47-51-40(46(59)60)19-17-18-25-48-42(53)24-27-61-29-31-63-33-35-65-37-38-66-36-34-64-32-30-62-28-26-49-41(52)23-22-39(45(57)58)50-43(54)20-15-13-11-9-7-5-3-1-2-4-6-8-10-12-14-16-21-44(55)56/h39-40,51H,1-38,47H2,(H,48,53)(H,49,52)(H,50,54)(H,55,56)(H,57,58)(H,59,60)/t39-,40-/m0/s1. The summed E-state index contributed by atoms with van der Waals surface area (Å²) >= 11 is 0. The molecule has 0 aliphatic carbocycles. The molecule has 0 saturated heterocycles. The number of carbonyl (C=O) groups excluding carboxylic acids is 3. The number of unbranched alkanes of at least 4 members (excludes halogenated alkanes) is 16. The maximum atomic E-state index is 12.4. The SMILES string of the molecule is NN[C@@H](CCCCNC(=O)CCOCCOCCOCCOCCOCCOCCNC(=O)CC[C@H](NC(=O)CCCCCCCCCCCCCCCCCCC(=O)O)C(=O)O)C(=O)O. The van der Waals surface area contributed by atoms with Crippen LogP contribution < -0.4 is 27.2 Å². The van der Waals surface area contributed by atoms with Crippen molar-refractivity contribution in [3.8, 4) is 0 Å². The summed E-state index contributed by atoms with van der Waals surface area (Å²) in [6.07, 6.45) is 20.3. The van der Waals surface area contributed by atoms with E-state index in [0.717, 1.165) is 38.5 Å².